The second kappa shape index (κ2) is 5.91. The summed E-state index contributed by atoms with van der Waals surface area (Å²) in [6.45, 7) is 7.84. The summed E-state index contributed by atoms with van der Waals surface area (Å²) in [6.07, 6.45) is 3.27. The zero-order valence-electron chi connectivity index (χ0n) is 11.5. The Kier molecular flexibility index (Phi) is 4.25. The Bertz CT molecular complexity index is 477. The summed E-state index contributed by atoms with van der Waals surface area (Å²) in [7, 11) is 0. The van der Waals surface area contributed by atoms with Gasteiger partial charge in [0.25, 0.3) is 0 Å². The Labute approximate surface area is 114 Å². The van der Waals surface area contributed by atoms with E-state index in [0.717, 1.165) is 18.6 Å². The number of hydrogen-bond donors (Lipinski definition) is 0. The molecule has 2 rings (SSSR count). The van der Waals surface area contributed by atoms with Gasteiger partial charge in [-0.05, 0) is 23.3 Å². The van der Waals surface area contributed by atoms with Crippen LogP contribution in [0.1, 0.15) is 25.0 Å². The van der Waals surface area contributed by atoms with Gasteiger partial charge in [-0.1, -0.05) is 32.6 Å². The number of benzene rings is 1. The molecule has 0 saturated heterocycles. The molecule has 1 aromatic rings. The number of ether oxygens (including phenoxy) is 2. The average molecular weight is 260 g/mol. The monoisotopic (exact) mass is 260 g/mol. The van der Waals surface area contributed by atoms with E-state index in [-0.39, 0.29) is 18.0 Å². The molecule has 0 radical (unpaired) electrons. The van der Waals surface area contributed by atoms with Gasteiger partial charge in [-0.3, -0.25) is 4.79 Å². The van der Waals surface area contributed by atoms with E-state index >= 15 is 0 Å². The fraction of sp³-hybridized carbons (Fsp3) is 0.438. The quantitative estimate of drug-likeness (QED) is 0.603. The van der Waals surface area contributed by atoms with Crippen LogP contribution in [0.15, 0.2) is 30.9 Å². The standard InChI is InChI=1S/C16H20O3/c1-4-7-18-14-6-5-12-8-15(10-13(12)9-14)19-16(17)11(2)3/h4-6,9,11,15H,1,7-8,10H2,2-3H3. The van der Waals surface area contributed by atoms with Crippen molar-refractivity contribution in [1.29, 1.82) is 0 Å². The first kappa shape index (κ1) is 13.7. The van der Waals surface area contributed by atoms with Crippen molar-refractivity contribution in [2.45, 2.75) is 32.8 Å². The van der Waals surface area contributed by atoms with E-state index in [1.54, 1.807) is 6.08 Å². The predicted molar refractivity (Wildman–Crippen MR) is 74.3 cm³/mol. The molecule has 1 unspecified atom stereocenters. The van der Waals surface area contributed by atoms with E-state index in [1.807, 2.05) is 26.0 Å². The number of hydrogen-bond acceptors (Lipinski definition) is 3. The van der Waals surface area contributed by atoms with Crippen molar-refractivity contribution in [3.8, 4) is 5.75 Å². The van der Waals surface area contributed by atoms with Gasteiger partial charge in [-0.2, -0.15) is 0 Å². The van der Waals surface area contributed by atoms with E-state index < -0.39 is 0 Å². The number of esters is 1. The van der Waals surface area contributed by atoms with Crippen molar-refractivity contribution in [2.75, 3.05) is 6.61 Å². The smallest absolute Gasteiger partial charge is 0.308 e. The average Bonchev–Trinajstić information content (AvgIpc) is 2.77. The van der Waals surface area contributed by atoms with Crippen molar-refractivity contribution in [3.63, 3.8) is 0 Å². The van der Waals surface area contributed by atoms with Crippen LogP contribution in [-0.2, 0) is 22.4 Å². The minimum absolute atomic E-state index is 0.0282. The molecule has 1 aliphatic carbocycles. The summed E-state index contributed by atoms with van der Waals surface area (Å²) in [4.78, 5) is 11.6. The molecule has 102 valence electrons. The Morgan fingerprint density at radius 3 is 2.84 bits per heavy atom. The van der Waals surface area contributed by atoms with Crippen LogP contribution in [0.2, 0.25) is 0 Å². The van der Waals surface area contributed by atoms with Crippen molar-refractivity contribution in [2.24, 2.45) is 5.92 Å². The topological polar surface area (TPSA) is 35.5 Å². The molecule has 3 nitrogen and oxygen atoms in total. The largest absolute Gasteiger partial charge is 0.490 e. The Morgan fingerprint density at radius 2 is 2.16 bits per heavy atom. The molecule has 0 bridgehead atoms. The molecule has 1 atom stereocenters. The van der Waals surface area contributed by atoms with E-state index in [2.05, 4.69) is 12.6 Å². The summed E-state index contributed by atoms with van der Waals surface area (Å²) in [6, 6.07) is 6.04. The zero-order valence-corrected chi connectivity index (χ0v) is 11.5. The molecule has 0 aliphatic heterocycles. The lowest BCUT2D eigenvalue weighted by atomic mass is 10.1. The molecule has 0 spiro atoms. The summed E-state index contributed by atoms with van der Waals surface area (Å²) < 4.78 is 11.0. The lowest BCUT2D eigenvalue weighted by molar-refractivity contribution is -0.152. The minimum Gasteiger partial charge on any atom is -0.490 e. The lowest BCUT2D eigenvalue weighted by Gasteiger charge is -2.12. The highest BCUT2D eigenvalue weighted by molar-refractivity contribution is 5.71. The first-order valence-corrected chi connectivity index (χ1v) is 6.66. The molecule has 1 aromatic carbocycles. The van der Waals surface area contributed by atoms with Crippen LogP contribution in [0, 0.1) is 5.92 Å². The van der Waals surface area contributed by atoms with Gasteiger partial charge < -0.3 is 9.47 Å². The third kappa shape index (κ3) is 3.37. The summed E-state index contributed by atoms with van der Waals surface area (Å²) in [5.41, 5.74) is 2.45. The highest BCUT2D eigenvalue weighted by Crippen LogP contribution is 2.28. The number of carbonyl (C=O) groups is 1. The van der Waals surface area contributed by atoms with E-state index in [0.29, 0.717) is 6.61 Å². The van der Waals surface area contributed by atoms with Crippen molar-refractivity contribution >= 4 is 5.97 Å². The van der Waals surface area contributed by atoms with Crippen LogP contribution in [0.5, 0.6) is 5.75 Å². The lowest BCUT2D eigenvalue weighted by Crippen LogP contribution is -2.21. The fourth-order valence-corrected chi connectivity index (χ4v) is 2.18. The van der Waals surface area contributed by atoms with Crippen LogP contribution < -0.4 is 4.74 Å². The van der Waals surface area contributed by atoms with Gasteiger partial charge in [0.2, 0.25) is 0 Å². The van der Waals surface area contributed by atoms with Gasteiger partial charge in [0, 0.05) is 12.8 Å². The van der Waals surface area contributed by atoms with Crippen LogP contribution in [-0.4, -0.2) is 18.7 Å². The maximum atomic E-state index is 11.6. The van der Waals surface area contributed by atoms with Crippen LogP contribution in [0.3, 0.4) is 0 Å². The molecular formula is C16H20O3. The fourth-order valence-electron chi connectivity index (χ4n) is 2.18. The minimum atomic E-state index is -0.124. The van der Waals surface area contributed by atoms with Gasteiger partial charge in [0.15, 0.2) is 0 Å². The van der Waals surface area contributed by atoms with Crippen molar-refractivity contribution in [3.05, 3.63) is 42.0 Å². The number of carbonyl (C=O) groups excluding carboxylic acids is 1. The maximum Gasteiger partial charge on any atom is 0.308 e. The second-order valence-electron chi connectivity index (χ2n) is 5.15. The molecule has 0 heterocycles. The SMILES string of the molecule is C=CCOc1ccc2c(c1)CC(OC(=O)C(C)C)C2. The van der Waals surface area contributed by atoms with Gasteiger partial charge in [0.05, 0.1) is 5.92 Å². The molecule has 0 N–H and O–H groups in total. The van der Waals surface area contributed by atoms with E-state index in [1.165, 1.54) is 11.1 Å². The summed E-state index contributed by atoms with van der Waals surface area (Å²) >= 11 is 0. The van der Waals surface area contributed by atoms with Crippen LogP contribution >= 0.6 is 0 Å². The highest BCUT2D eigenvalue weighted by Gasteiger charge is 2.25. The first-order valence-electron chi connectivity index (χ1n) is 6.66. The molecule has 3 heteroatoms. The molecule has 1 aliphatic rings. The Morgan fingerprint density at radius 1 is 1.42 bits per heavy atom. The van der Waals surface area contributed by atoms with Gasteiger partial charge >= 0.3 is 5.97 Å². The molecule has 19 heavy (non-hydrogen) atoms. The Balaban J connectivity index is 1.99. The summed E-state index contributed by atoms with van der Waals surface area (Å²) in [5, 5.41) is 0. The summed E-state index contributed by atoms with van der Waals surface area (Å²) in [5.74, 6) is 0.644. The highest BCUT2D eigenvalue weighted by atomic mass is 16.5. The molecule has 0 aromatic heterocycles. The van der Waals surface area contributed by atoms with Crippen molar-refractivity contribution in [1.82, 2.24) is 0 Å². The predicted octanol–water partition coefficient (Wildman–Crippen LogP) is 2.92. The molecular weight excluding hydrogens is 240 g/mol. The van der Waals surface area contributed by atoms with E-state index in [9.17, 15) is 4.79 Å². The number of fused-ring (bicyclic) bond motifs is 1. The van der Waals surface area contributed by atoms with Crippen molar-refractivity contribution < 1.29 is 14.3 Å². The Hall–Kier alpha value is -1.77. The van der Waals surface area contributed by atoms with Crippen LogP contribution in [0.4, 0.5) is 0 Å². The third-order valence-electron chi connectivity index (χ3n) is 3.19. The van der Waals surface area contributed by atoms with Gasteiger partial charge in [-0.15, -0.1) is 0 Å². The van der Waals surface area contributed by atoms with Gasteiger partial charge in [0.1, 0.15) is 18.5 Å². The molecule has 0 saturated carbocycles. The maximum absolute atomic E-state index is 11.6. The third-order valence-corrected chi connectivity index (χ3v) is 3.19. The zero-order chi connectivity index (χ0) is 13.8. The normalized spacial score (nSPS) is 17.1. The number of rotatable bonds is 5. The van der Waals surface area contributed by atoms with Crippen LogP contribution in [0.25, 0.3) is 0 Å². The van der Waals surface area contributed by atoms with E-state index in [4.69, 9.17) is 9.47 Å². The second-order valence-corrected chi connectivity index (χ2v) is 5.15. The molecule has 0 amide bonds. The van der Waals surface area contributed by atoms with Gasteiger partial charge in [-0.25, -0.2) is 0 Å². The molecule has 0 fully saturated rings. The first-order chi connectivity index (χ1) is 9.10.